The number of hydrogen-bond donors (Lipinski definition) is 1. The summed E-state index contributed by atoms with van der Waals surface area (Å²) in [5, 5.41) is 0. The normalized spacial score (nSPS) is 20.2. The van der Waals surface area contributed by atoms with Crippen molar-refractivity contribution < 1.29 is 4.74 Å². The molecule has 0 bridgehead atoms. The van der Waals surface area contributed by atoms with E-state index < -0.39 is 0 Å². The van der Waals surface area contributed by atoms with Crippen LogP contribution in [0.5, 0.6) is 0 Å². The number of rotatable bonds is 4. The third-order valence-corrected chi connectivity index (χ3v) is 3.77. The summed E-state index contributed by atoms with van der Waals surface area (Å²) in [6.07, 6.45) is 2.09. The molecule has 18 heavy (non-hydrogen) atoms. The second kappa shape index (κ2) is 6.21. The first-order chi connectivity index (χ1) is 8.76. The zero-order chi connectivity index (χ0) is 13.0. The zero-order valence-corrected chi connectivity index (χ0v) is 11.5. The van der Waals surface area contributed by atoms with Crippen molar-refractivity contribution >= 4 is 5.69 Å². The van der Waals surface area contributed by atoms with Crippen LogP contribution < -0.4 is 10.6 Å². The van der Waals surface area contributed by atoms with Gasteiger partial charge in [-0.3, -0.25) is 0 Å². The van der Waals surface area contributed by atoms with Gasteiger partial charge in [-0.25, -0.2) is 0 Å². The maximum absolute atomic E-state index is 5.63. The van der Waals surface area contributed by atoms with E-state index in [4.69, 9.17) is 10.5 Å². The SMILES string of the molecule is CCC1COCCN1c1ccc(CCN)c(C)c1. The second-order valence-electron chi connectivity index (χ2n) is 4.98. The van der Waals surface area contributed by atoms with Crippen molar-refractivity contribution in [2.45, 2.75) is 32.7 Å². The standard InChI is InChI=1S/C15H24N2O/c1-3-14-11-18-9-8-17(14)15-5-4-13(6-7-16)12(2)10-15/h4-5,10,14H,3,6-9,11,16H2,1-2H3. The highest BCUT2D eigenvalue weighted by atomic mass is 16.5. The Bertz CT molecular complexity index is 392. The Morgan fingerprint density at radius 2 is 2.28 bits per heavy atom. The highest BCUT2D eigenvalue weighted by Crippen LogP contribution is 2.24. The van der Waals surface area contributed by atoms with E-state index in [1.54, 1.807) is 0 Å². The molecular formula is C15H24N2O. The third-order valence-electron chi connectivity index (χ3n) is 3.77. The predicted molar refractivity (Wildman–Crippen MR) is 76.2 cm³/mol. The lowest BCUT2D eigenvalue weighted by atomic mass is 10.0. The van der Waals surface area contributed by atoms with Crippen molar-refractivity contribution in [3.63, 3.8) is 0 Å². The summed E-state index contributed by atoms with van der Waals surface area (Å²) in [4.78, 5) is 2.47. The maximum atomic E-state index is 5.63. The smallest absolute Gasteiger partial charge is 0.0670 e. The fourth-order valence-corrected chi connectivity index (χ4v) is 2.63. The Balaban J connectivity index is 2.19. The van der Waals surface area contributed by atoms with E-state index >= 15 is 0 Å². The topological polar surface area (TPSA) is 38.5 Å². The molecule has 3 nitrogen and oxygen atoms in total. The molecule has 1 aliphatic rings. The number of anilines is 1. The molecule has 1 aromatic rings. The third kappa shape index (κ3) is 2.85. The molecule has 1 unspecified atom stereocenters. The molecule has 0 aliphatic carbocycles. The number of nitrogens with two attached hydrogens (primary N) is 1. The average molecular weight is 248 g/mol. The van der Waals surface area contributed by atoms with Gasteiger partial charge in [-0.2, -0.15) is 0 Å². The fourth-order valence-electron chi connectivity index (χ4n) is 2.63. The minimum atomic E-state index is 0.513. The summed E-state index contributed by atoms with van der Waals surface area (Å²) < 4.78 is 5.56. The van der Waals surface area contributed by atoms with Crippen molar-refractivity contribution in [3.8, 4) is 0 Å². The van der Waals surface area contributed by atoms with Crippen molar-refractivity contribution in [2.24, 2.45) is 5.73 Å². The average Bonchev–Trinajstić information content (AvgIpc) is 2.41. The van der Waals surface area contributed by atoms with Gasteiger partial charge in [0.15, 0.2) is 0 Å². The van der Waals surface area contributed by atoms with Crippen molar-refractivity contribution in [1.82, 2.24) is 0 Å². The number of hydrogen-bond acceptors (Lipinski definition) is 3. The summed E-state index contributed by atoms with van der Waals surface area (Å²) in [7, 11) is 0. The van der Waals surface area contributed by atoms with Gasteiger partial charge in [0.2, 0.25) is 0 Å². The first kappa shape index (κ1) is 13.4. The lowest BCUT2D eigenvalue weighted by molar-refractivity contribution is 0.0930. The van der Waals surface area contributed by atoms with E-state index in [-0.39, 0.29) is 0 Å². The Kier molecular flexibility index (Phi) is 4.61. The van der Waals surface area contributed by atoms with Crippen LogP contribution >= 0.6 is 0 Å². The van der Waals surface area contributed by atoms with Crippen LogP contribution in [0.2, 0.25) is 0 Å². The quantitative estimate of drug-likeness (QED) is 0.887. The molecule has 0 amide bonds. The van der Waals surface area contributed by atoms with Crippen LogP contribution in [-0.4, -0.2) is 32.3 Å². The van der Waals surface area contributed by atoms with Crippen molar-refractivity contribution in [3.05, 3.63) is 29.3 Å². The van der Waals surface area contributed by atoms with E-state index in [9.17, 15) is 0 Å². The van der Waals surface area contributed by atoms with E-state index in [0.717, 1.165) is 39.1 Å². The van der Waals surface area contributed by atoms with Crippen LogP contribution in [-0.2, 0) is 11.2 Å². The van der Waals surface area contributed by atoms with E-state index in [2.05, 4.69) is 36.9 Å². The molecule has 0 spiro atoms. The van der Waals surface area contributed by atoms with Gasteiger partial charge in [-0.15, -0.1) is 0 Å². The first-order valence-corrected chi connectivity index (χ1v) is 6.90. The second-order valence-corrected chi connectivity index (χ2v) is 4.98. The maximum Gasteiger partial charge on any atom is 0.0670 e. The van der Waals surface area contributed by atoms with Gasteiger partial charge in [-0.1, -0.05) is 13.0 Å². The van der Waals surface area contributed by atoms with Crippen LogP contribution in [0.4, 0.5) is 5.69 Å². The highest BCUT2D eigenvalue weighted by Gasteiger charge is 2.21. The number of ether oxygens (including phenoxy) is 1. The molecule has 0 aromatic heterocycles. The molecule has 2 rings (SSSR count). The summed E-state index contributed by atoms with van der Waals surface area (Å²) in [6.45, 7) is 7.79. The number of nitrogens with zero attached hydrogens (tertiary/aromatic N) is 1. The molecule has 0 saturated carbocycles. The monoisotopic (exact) mass is 248 g/mol. The molecule has 0 radical (unpaired) electrons. The van der Waals surface area contributed by atoms with E-state index in [1.807, 2.05) is 0 Å². The Hall–Kier alpha value is -1.06. The molecule has 1 saturated heterocycles. The van der Waals surface area contributed by atoms with Gasteiger partial charge in [0.05, 0.1) is 19.3 Å². The van der Waals surface area contributed by atoms with Gasteiger partial charge in [0.1, 0.15) is 0 Å². The van der Waals surface area contributed by atoms with E-state index in [1.165, 1.54) is 16.8 Å². The van der Waals surface area contributed by atoms with Crippen LogP contribution in [0.1, 0.15) is 24.5 Å². The van der Waals surface area contributed by atoms with Crippen LogP contribution in [0, 0.1) is 6.92 Å². The summed E-state index contributed by atoms with van der Waals surface area (Å²) in [5.74, 6) is 0. The van der Waals surface area contributed by atoms with Crippen LogP contribution in [0.25, 0.3) is 0 Å². The van der Waals surface area contributed by atoms with Gasteiger partial charge < -0.3 is 15.4 Å². The fraction of sp³-hybridized carbons (Fsp3) is 0.600. The zero-order valence-electron chi connectivity index (χ0n) is 11.5. The Labute approximate surface area is 110 Å². The lowest BCUT2D eigenvalue weighted by Crippen LogP contribution is -2.45. The number of morpholine rings is 1. The Morgan fingerprint density at radius 1 is 1.44 bits per heavy atom. The van der Waals surface area contributed by atoms with Crippen LogP contribution in [0.3, 0.4) is 0 Å². The predicted octanol–water partition coefficient (Wildman–Crippen LogP) is 2.11. The minimum Gasteiger partial charge on any atom is -0.377 e. The highest BCUT2D eigenvalue weighted by molar-refractivity contribution is 5.52. The summed E-state index contributed by atoms with van der Waals surface area (Å²) in [6, 6.07) is 7.25. The molecule has 1 fully saturated rings. The first-order valence-electron chi connectivity index (χ1n) is 6.90. The molecule has 1 atom stereocenters. The summed E-state index contributed by atoms with van der Waals surface area (Å²) in [5.41, 5.74) is 9.66. The number of benzene rings is 1. The largest absolute Gasteiger partial charge is 0.377 e. The van der Waals surface area contributed by atoms with Crippen molar-refractivity contribution in [1.29, 1.82) is 0 Å². The minimum absolute atomic E-state index is 0.513. The molecule has 1 heterocycles. The van der Waals surface area contributed by atoms with Gasteiger partial charge in [0.25, 0.3) is 0 Å². The van der Waals surface area contributed by atoms with Gasteiger partial charge >= 0.3 is 0 Å². The molecular weight excluding hydrogens is 224 g/mol. The molecule has 2 N–H and O–H groups in total. The lowest BCUT2D eigenvalue weighted by Gasteiger charge is -2.37. The van der Waals surface area contributed by atoms with Crippen molar-refractivity contribution in [2.75, 3.05) is 31.2 Å². The summed E-state index contributed by atoms with van der Waals surface area (Å²) >= 11 is 0. The molecule has 1 aromatic carbocycles. The Morgan fingerprint density at radius 3 is 2.94 bits per heavy atom. The number of aryl methyl sites for hydroxylation is 1. The van der Waals surface area contributed by atoms with Crippen LogP contribution in [0.15, 0.2) is 18.2 Å². The molecule has 1 aliphatic heterocycles. The molecule has 3 heteroatoms. The van der Waals surface area contributed by atoms with E-state index in [0.29, 0.717) is 6.04 Å². The van der Waals surface area contributed by atoms with Gasteiger partial charge in [0, 0.05) is 12.2 Å². The van der Waals surface area contributed by atoms with Gasteiger partial charge in [-0.05, 0) is 49.6 Å². The molecule has 100 valence electrons.